The van der Waals surface area contributed by atoms with Crippen molar-refractivity contribution < 1.29 is 4.74 Å². The van der Waals surface area contributed by atoms with Crippen molar-refractivity contribution in [3.63, 3.8) is 0 Å². The highest BCUT2D eigenvalue weighted by atomic mass is 79.9. The Hall–Kier alpha value is -1.39. The lowest BCUT2D eigenvalue weighted by Gasteiger charge is -2.11. The van der Waals surface area contributed by atoms with Crippen molar-refractivity contribution in [1.29, 1.82) is 0 Å². The van der Waals surface area contributed by atoms with E-state index in [0.717, 1.165) is 28.0 Å². The molecule has 0 amide bonds. The Morgan fingerprint density at radius 3 is 2.80 bits per heavy atom. The summed E-state index contributed by atoms with van der Waals surface area (Å²) in [4.78, 5) is 4.51. The van der Waals surface area contributed by atoms with Gasteiger partial charge in [-0.1, -0.05) is 41.9 Å². The van der Waals surface area contributed by atoms with E-state index in [9.17, 15) is 0 Å². The topological polar surface area (TPSA) is 34.1 Å². The number of hydrogen-bond donors (Lipinski definition) is 1. The molecule has 2 aromatic rings. The molecule has 0 saturated heterocycles. The van der Waals surface area contributed by atoms with Crippen LogP contribution in [0.5, 0.6) is 11.6 Å². The molecule has 20 heavy (non-hydrogen) atoms. The van der Waals surface area contributed by atoms with Crippen LogP contribution in [-0.2, 0) is 6.54 Å². The van der Waals surface area contributed by atoms with Gasteiger partial charge in [0.2, 0.25) is 5.88 Å². The summed E-state index contributed by atoms with van der Waals surface area (Å²) in [6.07, 6.45) is 0. The van der Waals surface area contributed by atoms with Crippen LogP contribution in [0.3, 0.4) is 0 Å². The molecule has 0 aliphatic rings. The lowest BCUT2D eigenvalue weighted by molar-refractivity contribution is 0.454. The first-order valence-electron chi connectivity index (χ1n) is 6.68. The molecule has 0 spiro atoms. The van der Waals surface area contributed by atoms with Gasteiger partial charge in [0.05, 0.1) is 5.69 Å². The van der Waals surface area contributed by atoms with E-state index in [1.807, 2.05) is 43.3 Å². The molecule has 0 unspecified atom stereocenters. The van der Waals surface area contributed by atoms with Crippen LogP contribution in [0, 0.1) is 6.92 Å². The van der Waals surface area contributed by atoms with Crippen LogP contribution < -0.4 is 10.1 Å². The molecule has 0 saturated carbocycles. The smallest absolute Gasteiger partial charge is 0.219 e. The van der Waals surface area contributed by atoms with Gasteiger partial charge < -0.3 is 10.1 Å². The molecule has 0 bridgehead atoms. The van der Waals surface area contributed by atoms with Gasteiger partial charge in [-0.25, -0.2) is 4.98 Å². The monoisotopic (exact) mass is 334 g/mol. The van der Waals surface area contributed by atoms with Gasteiger partial charge >= 0.3 is 0 Å². The van der Waals surface area contributed by atoms with Gasteiger partial charge in [-0.3, -0.25) is 0 Å². The molecule has 1 heterocycles. The van der Waals surface area contributed by atoms with Gasteiger partial charge in [0.25, 0.3) is 0 Å². The van der Waals surface area contributed by atoms with Gasteiger partial charge in [0, 0.05) is 23.1 Å². The summed E-state index contributed by atoms with van der Waals surface area (Å²) in [7, 11) is 0. The van der Waals surface area contributed by atoms with E-state index in [-0.39, 0.29) is 0 Å². The molecule has 0 aliphatic heterocycles. The van der Waals surface area contributed by atoms with Crippen LogP contribution in [0.2, 0.25) is 0 Å². The maximum atomic E-state index is 5.87. The SMILES string of the molecule is Cc1ccc(Br)cc1Oc1cccc(CNC(C)C)n1. The van der Waals surface area contributed by atoms with E-state index in [1.165, 1.54) is 0 Å². The highest BCUT2D eigenvalue weighted by molar-refractivity contribution is 9.10. The number of ether oxygens (including phenoxy) is 1. The van der Waals surface area contributed by atoms with E-state index >= 15 is 0 Å². The fourth-order valence-electron chi connectivity index (χ4n) is 1.72. The van der Waals surface area contributed by atoms with Crippen molar-refractivity contribution in [1.82, 2.24) is 10.3 Å². The summed E-state index contributed by atoms with van der Waals surface area (Å²) in [6.45, 7) is 6.99. The van der Waals surface area contributed by atoms with Gasteiger partial charge in [0.1, 0.15) is 5.75 Å². The first-order chi connectivity index (χ1) is 9.54. The molecule has 3 nitrogen and oxygen atoms in total. The standard InChI is InChI=1S/C16H19BrN2O/c1-11(2)18-10-14-5-4-6-16(19-14)20-15-9-13(17)8-7-12(15)3/h4-9,11,18H,10H2,1-3H3. The van der Waals surface area contributed by atoms with Crippen LogP contribution >= 0.6 is 15.9 Å². The summed E-state index contributed by atoms with van der Waals surface area (Å²) in [5.74, 6) is 1.44. The number of pyridine rings is 1. The molecule has 1 aromatic carbocycles. The molecular formula is C16H19BrN2O. The van der Waals surface area contributed by atoms with E-state index in [2.05, 4.69) is 40.1 Å². The fourth-order valence-corrected chi connectivity index (χ4v) is 2.06. The summed E-state index contributed by atoms with van der Waals surface area (Å²) >= 11 is 3.45. The Morgan fingerprint density at radius 1 is 1.25 bits per heavy atom. The number of benzene rings is 1. The first-order valence-corrected chi connectivity index (χ1v) is 7.47. The zero-order chi connectivity index (χ0) is 14.5. The minimum Gasteiger partial charge on any atom is -0.439 e. The third-order valence-electron chi connectivity index (χ3n) is 2.84. The van der Waals surface area contributed by atoms with Crippen molar-refractivity contribution in [3.8, 4) is 11.6 Å². The second-order valence-corrected chi connectivity index (χ2v) is 5.93. The second kappa shape index (κ2) is 6.86. The number of halogens is 1. The fraction of sp³-hybridized carbons (Fsp3) is 0.312. The molecule has 2 rings (SSSR count). The number of nitrogens with zero attached hydrogens (tertiary/aromatic N) is 1. The van der Waals surface area contributed by atoms with E-state index < -0.39 is 0 Å². The predicted molar refractivity (Wildman–Crippen MR) is 85.2 cm³/mol. The summed E-state index contributed by atoms with van der Waals surface area (Å²) < 4.78 is 6.86. The molecule has 1 N–H and O–H groups in total. The number of hydrogen-bond acceptors (Lipinski definition) is 3. The predicted octanol–water partition coefficient (Wildman–Crippen LogP) is 4.44. The normalized spacial score (nSPS) is 10.8. The maximum Gasteiger partial charge on any atom is 0.219 e. The Kier molecular flexibility index (Phi) is 5.15. The average Bonchev–Trinajstić information content (AvgIpc) is 2.41. The molecule has 0 fully saturated rings. The quantitative estimate of drug-likeness (QED) is 0.877. The largest absolute Gasteiger partial charge is 0.439 e. The number of nitrogens with one attached hydrogen (secondary N) is 1. The van der Waals surface area contributed by atoms with Crippen molar-refractivity contribution in [2.24, 2.45) is 0 Å². The molecular weight excluding hydrogens is 316 g/mol. The van der Waals surface area contributed by atoms with Crippen LogP contribution in [-0.4, -0.2) is 11.0 Å². The maximum absolute atomic E-state index is 5.87. The third kappa shape index (κ3) is 4.32. The Labute approximate surface area is 128 Å². The van der Waals surface area contributed by atoms with Crippen molar-refractivity contribution >= 4 is 15.9 Å². The molecule has 0 aliphatic carbocycles. The summed E-state index contributed by atoms with van der Waals surface area (Å²) in [5.41, 5.74) is 2.06. The number of aromatic nitrogens is 1. The highest BCUT2D eigenvalue weighted by Gasteiger charge is 2.05. The van der Waals surface area contributed by atoms with E-state index in [0.29, 0.717) is 11.9 Å². The van der Waals surface area contributed by atoms with E-state index in [4.69, 9.17) is 4.74 Å². The third-order valence-corrected chi connectivity index (χ3v) is 3.33. The number of rotatable bonds is 5. The van der Waals surface area contributed by atoms with Crippen LogP contribution in [0.1, 0.15) is 25.1 Å². The van der Waals surface area contributed by atoms with Crippen molar-refractivity contribution in [3.05, 3.63) is 52.1 Å². The minimum absolute atomic E-state index is 0.439. The average molecular weight is 335 g/mol. The van der Waals surface area contributed by atoms with Crippen molar-refractivity contribution in [2.75, 3.05) is 0 Å². The van der Waals surface area contributed by atoms with Crippen LogP contribution in [0.4, 0.5) is 0 Å². The van der Waals surface area contributed by atoms with Crippen molar-refractivity contribution in [2.45, 2.75) is 33.4 Å². The molecule has 4 heteroatoms. The summed E-state index contributed by atoms with van der Waals surface area (Å²) in [6, 6.07) is 12.2. The zero-order valence-electron chi connectivity index (χ0n) is 12.0. The van der Waals surface area contributed by atoms with Crippen LogP contribution in [0.15, 0.2) is 40.9 Å². The van der Waals surface area contributed by atoms with Crippen LogP contribution in [0.25, 0.3) is 0 Å². The molecule has 0 atom stereocenters. The second-order valence-electron chi connectivity index (χ2n) is 5.01. The molecule has 1 aromatic heterocycles. The van der Waals surface area contributed by atoms with Gasteiger partial charge in [0.15, 0.2) is 0 Å². The lowest BCUT2D eigenvalue weighted by Crippen LogP contribution is -2.22. The highest BCUT2D eigenvalue weighted by Crippen LogP contribution is 2.27. The number of aryl methyl sites for hydroxylation is 1. The van der Waals surface area contributed by atoms with Gasteiger partial charge in [-0.05, 0) is 30.7 Å². The Balaban J connectivity index is 2.13. The molecule has 106 valence electrons. The van der Waals surface area contributed by atoms with E-state index in [1.54, 1.807) is 0 Å². The molecule has 0 radical (unpaired) electrons. The zero-order valence-corrected chi connectivity index (χ0v) is 13.6. The lowest BCUT2D eigenvalue weighted by atomic mass is 10.2. The Bertz CT molecular complexity index is 584. The summed E-state index contributed by atoms with van der Waals surface area (Å²) in [5, 5.41) is 3.35. The van der Waals surface area contributed by atoms with Gasteiger partial charge in [-0.15, -0.1) is 0 Å². The van der Waals surface area contributed by atoms with Gasteiger partial charge in [-0.2, -0.15) is 0 Å². The Morgan fingerprint density at radius 2 is 2.05 bits per heavy atom. The minimum atomic E-state index is 0.439. The first kappa shape index (κ1) is 15.0.